The Labute approximate surface area is 176 Å². The molecule has 4 rings (SSSR count). The average Bonchev–Trinajstić information content (AvgIpc) is 3.18. The molecule has 6 nitrogen and oxygen atoms in total. The largest absolute Gasteiger partial charge is 0.492 e. The molecular formula is C18H16BrCl2N5O. The van der Waals surface area contributed by atoms with Gasteiger partial charge in [0.2, 0.25) is 11.8 Å². The number of allylic oxidation sites excluding steroid dienone is 1. The van der Waals surface area contributed by atoms with Gasteiger partial charge in [-0.15, -0.1) is 24.8 Å². The third kappa shape index (κ3) is 4.68. The number of H-pyrrole nitrogens is 1. The van der Waals surface area contributed by atoms with E-state index < -0.39 is 0 Å². The number of nitrogens with one attached hydrogen (secondary N) is 2. The molecule has 0 bridgehead atoms. The molecular weight excluding hydrogens is 453 g/mol. The van der Waals surface area contributed by atoms with E-state index in [1.54, 1.807) is 12.4 Å². The van der Waals surface area contributed by atoms with Crippen LogP contribution in [-0.4, -0.2) is 26.3 Å². The topological polar surface area (TPSA) is 86.2 Å². The number of aromatic nitrogens is 3. The first-order valence-corrected chi connectivity index (χ1v) is 8.47. The van der Waals surface area contributed by atoms with E-state index in [0.29, 0.717) is 24.0 Å². The average molecular weight is 469 g/mol. The number of aliphatic imine (C=N–C) groups is 1. The fourth-order valence-corrected chi connectivity index (χ4v) is 3.04. The lowest BCUT2D eigenvalue weighted by Gasteiger charge is -2.03. The van der Waals surface area contributed by atoms with E-state index in [1.807, 2.05) is 42.5 Å². The zero-order valence-electron chi connectivity index (χ0n) is 13.9. The maximum absolute atomic E-state index is 10.1. The van der Waals surface area contributed by atoms with Gasteiger partial charge in [0.25, 0.3) is 0 Å². The van der Waals surface area contributed by atoms with Crippen molar-refractivity contribution in [1.82, 2.24) is 15.0 Å². The van der Waals surface area contributed by atoms with Crippen molar-refractivity contribution in [2.75, 3.05) is 5.32 Å². The Balaban J connectivity index is 0.00000131. The Hall–Kier alpha value is -2.35. The molecule has 0 aliphatic carbocycles. The normalized spacial score (nSPS) is 13.0. The fraction of sp³-hybridized carbons (Fsp3) is 0.0556. The number of fused-ring (bicyclic) bond motifs is 1. The van der Waals surface area contributed by atoms with Crippen LogP contribution in [0, 0.1) is 0 Å². The van der Waals surface area contributed by atoms with Crippen LogP contribution in [0.2, 0.25) is 0 Å². The van der Waals surface area contributed by atoms with Crippen molar-refractivity contribution in [3.05, 3.63) is 63.9 Å². The number of aromatic amines is 1. The van der Waals surface area contributed by atoms with Crippen LogP contribution in [0.25, 0.3) is 11.6 Å². The smallest absolute Gasteiger partial charge is 0.238 e. The summed E-state index contributed by atoms with van der Waals surface area (Å²) in [5, 5.41) is 13.3. The lowest BCUT2D eigenvalue weighted by atomic mass is 10.1. The van der Waals surface area contributed by atoms with E-state index in [4.69, 9.17) is 0 Å². The summed E-state index contributed by atoms with van der Waals surface area (Å²) < 4.78 is 1.02. The van der Waals surface area contributed by atoms with Gasteiger partial charge in [0.15, 0.2) is 5.82 Å². The van der Waals surface area contributed by atoms with Gasteiger partial charge in [0.05, 0.1) is 0 Å². The third-order valence-corrected chi connectivity index (χ3v) is 4.28. The number of rotatable bonds is 4. The summed E-state index contributed by atoms with van der Waals surface area (Å²) in [6.45, 7) is 0.594. The standard InChI is InChI=1S/C18H14BrN5O.2ClH/c19-13-4-1-3-11(7-13)9-22-18-23-15(17(25)24-18)8-12-10-21-16-14(12)5-2-6-20-16;;/h1-8,10,25H,9H2,(H2,22,23,24);2*1H/b12-8+;;. The third-order valence-electron chi connectivity index (χ3n) is 3.78. The predicted molar refractivity (Wildman–Crippen MR) is 116 cm³/mol. The van der Waals surface area contributed by atoms with Gasteiger partial charge < -0.3 is 15.4 Å². The van der Waals surface area contributed by atoms with Gasteiger partial charge in [-0.05, 0) is 35.9 Å². The summed E-state index contributed by atoms with van der Waals surface area (Å²) in [5.74, 6) is 1.13. The van der Waals surface area contributed by atoms with Crippen LogP contribution in [-0.2, 0) is 6.54 Å². The van der Waals surface area contributed by atoms with Crippen LogP contribution < -0.4 is 5.32 Å². The van der Waals surface area contributed by atoms with Gasteiger partial charge >= 0.3 is 0 Å². The molecule has 2 aromatic heterocycles. The van der Waals surface area contributed by atoms with Crippen LogP contribution >= 0.6 is 40.7 Å². The molecule has 27 heavy (non-hydrogen) atoms. The second kappa shape index (κ2) is 9.03. The lowest BCUT2D eigenvalue weighted by Crippen LogP contribution is -2.00. The highest BCUT2D eigenvalue weighted by Crippen LogP contribution is 2.31. The quantitative estimate of drug-likeness (QED) is 0.503. The Morgan fingerprint density at radius 1 is 1.19 bits per heavy atom. The number of halogens is 3. The molecule has 3 aromatic rings. The predicted octanol–water partition coefficient (Wildman–Crippen LogP) is 4.99. The summed E-state index contributed by atoms with van der Waals surface area (Å²) in [4.78, 5) is 15.7. The van der Waals surface area contributed by atoms with Gasteiger partial charge in [-0.25, -0.2) is 9.98 Å². The summed E-state index contributed by atoms with van der Waals surface area (Å²) in [6, 6.07) is 11.8. The molecule has 0 atom stereocenters. The van der Waals surface area contributed by atoms with Crippen molar-refractivity contribution in [3.8, 4) is 5.88 Å². The number of anilines is 1. The molecule has 1 aliphatic heterocycles. The van der Waals surface area contributed by atoms with Crippen molar-refractivity contribution in [1.29, 1.82) is 0 Å². The van der Waals surface area contributed by atoms with Crippen molar-refractivity contribution in [3.63, 3.8) is 0 Å². The number of benzene rings is 1. The molecule has 3 heterocycles. The molecule has 0 spiro atoms. The first kappa shape index (κ1) is 21.0. The van der Waals surface area contributed by atoms with E-state index in [1.165, 1.54) is 0 Å². The number of aromatic hydroxyl groups is 1. The summed E-state index contributed by atoms with van der Waals surface area (Å²) in [7, 11) is 0. The van der Waals surface area contributed by atoms with Gasteiger partial charge in [0.1, 0.15) is 5.69 Å². The number of nitrogens with zero attached hydrogens (tertiary/aromatic N) is 3. The zero-order valence-corrected chi connectivity index (χ0v) is 17.1. The fourth-order valence-electron chi connectivity index (χ4n) is 2.59. The molecule has 3 N–H and O–H groups in total. The molecule has 140 valence electrons. The summed E-state index contributed by atoms with van der Waals surface area (Å²) >= 11 is 3.45. The van der Waals surface area contributed by atoms with Crippen LogP contribution in [0.3, 0.4) is 0 Å². The van der Waals surface area contributed by atoms with Crippen molar-refractivity contribution >= 4 is 70.4 Å². The highest BCUT2D eigenvalue weighted by atomic mass is 79.9. The van der Waals surface area contributed by atoms with Crippen molar-refractivity contribution in [2.45, 2.75) is 6.54 Å². The molecule has 0 unspecified atom stereocenters. The Morgan fingerprint density at radius 2 is 2.04 bits per heavy atom. The minimum Gasteiger partial charge on any atom is -0.492 e. The van der Waals surface area contributed by atoms with E-state index in [-0.39, 0.29) is 30.7 Å². The second-order valence-electron chi connectivity index (χ2n) is 5.54. The van der Waals surface area contributed by atoms with E-state index >= 15 is 0 Å². The highest BCUT2D eigenvalue weighted by molar-refractivity contribution is 9.10. The van der Waals surface area contributed by atoms with E-state index in [2.05, 4.69) is 41.2 Å². The molecule has 0 saturated carbocycles. The van der Waals surface area contributed by atoms with Crippen LogP contribution in [0.1, 0.15) is 16.8 Å². The Kier molecular flexibility index (Phi) is 7.01. The van der Waals surface area contributed by atoms with Gasteiger partial charge in [-0.3, -0.25) is 0 Å². The maximum Gasteiger partial charge on any atom is 0.238 e. The molecule has 1 aromatic carbocycles. The molecule has 9 heteroatoms. The van der Waals surface area contributed by atoms with Crippen LogP contribution in [0.4, 0.5) is 11.8 Å². The summed E-state index contributed by atoms with van der Waals surface area (Å²) in [6.07, 6.45) is 5.24. The monoisotopic (exact) mass is 467 g/mol. The molecule has 0 fully saturated rings. The number of imidazole rings is 1. The number of hydrogen-bond donors (Lipinski definition) is 3. The van der Waals surface area contributed by atoms with Crippen molar-refractivity contribution < 1.29 is 5.11 Å². The molecule has 0 saturated heterocycles. The molecule has 0 radical (unpaired) electrons. The van der Waals surface area contributed by atoms with Gasteiger partial charge in [-0.1, -0.05) is 28.1 Å². The number of hydrogen-bond acceptors (Lipinski definition) is 5. The minimum absolute atomic E-state index is 0. The SMILES string of the molecule is Cl.Cl.Oc1nc(NCc2cccc(Br)c2)[nH]c1/C=C1\C=Nc2ncccc21. The first-order valence-electron chi connectivity index (χ1n) is 7.67. The van der Waals surface area contributed by atoms with Crippen LogP contribution in [0.15, 0.2) is 52.1 Å². The number of pyridine rings is 1. The van der Waals surface area contributed by atoms with E-state index in [9.17, 15) is 5.11 Å². The first-order chi connectivity index (χ1) is 12.2. The Morgan fingerprint density at radius 3 is 2.85 bits per heavy atom. The highest BCUT2D eigenvalue weighted by Gasteiger charge is 2.14. The lowest BCUT2D eigenvalue weighted by molar-refractivity contribution is 0.455. The van der Waals surface area contributed by atoms with E-state index in [0.717, 1.165) is 21.2 Å². The molecule has 1 aliphatic rings. The molecule has 0 amide bonds. The second-order valence-corrected chi connectivity index (χ2v) is 6.45. The Bertz CT molecular complexity index is 1000. The van der Waals surface area contributed by atoms with Crippen molar-refractivity contribution in [2.24, 2.45) is 4.99 Å². The zero-order chi connectivity index (χ0) is 17.2. The van der Waals surface area contributed by atoms with Gasteiger partial charge in [0, 0.05) is 34.6 Å². The van der Waals surface area contributed by atoms with Crippen LogP contribution in [0.5, 0.6) is 5.88 Å². The van der Waals surface area contributed by atoms with Gasteiger partial charge in [-0.2, -0.15) is 4.98 Å². The summed E-state index contributed by atoms with van der Waals surface area (Å²) in [5.41, 5.74) is 3.43. The maximum atomic E-state index is 10.1. The minimum atomic E-state index is -0.0602.